The van der Waals surface area contributed by atoms with Crippen LogP contribution in [-0.2, 0) is 17.8 Å². The monoisotopic (exact) mass is 351 g/mol. The Morgan fingerprint density at radius 3 is 2.44 bits per heavy atom. The topological polar surface area (TPSA) is 56.8 Å². The molecule has 0 bridgehead atoms. The van der Waals surface area contributed by atoms with Gasteiger partial charge in [-0.15, -0.1) is 0 Å². The number of ether oxygens (including phenoxy) is 3. The summed E-state index contributed by atoms with van der Waals surface area (Å²) >= 11 is 0. The number of benzene rings is 2. The maximum absolute atomic E-state index is 12.3. The number of carbonyl (C=O) groups excluding carboxylic acids is 1. The van der Waals surface area contributed by atoms with E-state index in [2.05, 4.69) is 10.1 Å². The quantitative estimate of drug-likeness (QED) is 0.794. The van der Waals surface area contributed by atoms with Gasteiger partial charge in [-0.2, -0.15) is 8.78 Å². The zero-order valence-electron chi connectivity index (χ0n) is 13.9. The molecule has 2 rings (SSSR count). The molecular weight excluding hydrogens is 332 g/mol. The van der Waals surface area contributed by atoms with Crippen molar-refractivity contribution >= 4 is 5.91 Å². The highest BCUT2D eigenvalue weighted by Gasteiger charge is 2.12. The average molecular weight is 351 g/mol. The van der Waals surface area contributed by atoms with Crippen LogP contribution in [0.5, 0.6) is 17.2 Å². The first kappa shape index (κ1) is 18.5. The van der Waals surface area contributed by atoms with Gasteiger partial charge in [0.05, 0.1) is 20.6 Å². The summed E-state index contributed by atoms with van der Waals surface area (Å²) < 4.78 is 39.2. The molecule has 0 unspecified atom stereocenters. The minimum Gasteiger partial charge on any atom is -0.496 e. The van der Waals surface area contributed by atoms with Gasteiger partial charge in [0.2, 0.25) is 5.91 Å². The van der Waals surface area contributed by atoms with Crippen LogP contribution in [0.15, 0.2) is 42.5 Å². The number of halogens is 2. The van der Waals surface area contributed by atoms with Gasteiger partial charge in [0.25, 0.3) is 0 Å². The third kappa shape index (κ3) is 5.34. The molecule has 0 heterocycles. The number of carbonyl (C=O) groups is 1. The van der Waals surface area contributed by atoms with Gasteiger partial charge in [-0.25, -0.2) is 0 Å². The zero-order valence-corrected chi connectivity index (χ0v) is 13.9. The molecule has 7 heteroatoms. The van der Waals surface area contributed by atoms with Crippen molar-refractivity contribution in [3.8, 4) is 17.2 Å². The number of nitrogens with one attached hydrogen (secondary N) is 1. The number of amides is 1. The molecule has 0 spiro atoms. The smallest absolute Gasteiger partial charge is 0.387 e. The molecule has 2 aromatic carbocycles. The van der Waals surface area contributed by atoms with E-state index in [1.54, 1.807) is 25.3 Å². The molecule has 1 amide bonds. The SMILES string of the molecule is COc1ccccc1CC(=O)NCc1ccc(OC(F)F)c(OC)c1. The highest BCUT2D eigenvalue weighted by atomic mass is 19.3. The van der Waals surface area contributed by atoms with Gasteiger partial charge in [-0.05, 0) is 23.8 Å². The summed E-state index contributed by atoms with van der Waals surface area (Å²) in [5.74, 6) is 0.586. The maximum Gasteiger partial charge on any atom is 0.387 e. The zero-order chi connectivity index (χ0) is 18.2. The van der Waals surface area contributed by atoms with Crippen LogP contribution in [0.2, 0.25) is 0 Å². The predicted octanol–water partition coefficient (Wildman–Crippen LogP) is 3.16. The minimum absolute atomic E-state index is 0.0541. The molecule has 0 atom stereocenters. The lowest BCUT2D eigenvalue weighted by Crippen LogP contribution is -2.24. The van der Waals surface area contributed by atoms with Crippen LogP contribution in [-0.4, -0.2) is 26.7 Å². The Balaban J connectivity index is 1.97. The fourth-order valence-electron chi connectivity index (χ4n) is 2.30. The molecule has 0 saturated carbocycles. The van der Waals surface area contributed by atoms with Crippen LogP contribution in [0.4, 0.5) is 8.78 Å². The Hall–Kier alpha value is -2.83. The molecule has 0 fully saturated rings. The van der Waals surface area contributed by atoms with Gasteiger partial charge in [0, 0.05) is 12.1 Å². The molecule has 0 saturated heterocycles. The van der Waals surface area contributed by atoms with Crippen LogP contribution < -0.4 is 19.5 Å². The summed E-state index contributed by atoms with van der Waals surface area (Å²) in [4.78, 5) is 12.1. The maximum atomic E-state index is 12.3. The second kappa shape index (κ2) is 8.86. The van der Waals surface area contributed by atoms with Crippen LogP contribution in [0, 0.1) is 0 Å². The lowest BCUT2D eigenvalue weighted by molar-refractivity contribution is -0.120. The van der Waals surface area contributed by atoms with E-state index in [1.165, 1.54) is 13.2 Å². The van der Waals surface area contributed by atoms with E-state index in [1.807, 2.05) is 18.2 Å². The predicted molar refractivity (Wildman–Crippen MR) is 88.2 cm³/mol. The third-order valence-corrected chi connectivity index (χ3v) is 3.48. The molecule has 0 aliphatic heterocycles. The van der Waals surface area contributed by atoms with E-state index in [-0.39, 0.29) is 30.4 Å². The summed E-state index contributed by atoms with van der Waals surface area (Å²) in [6, 6.07) is 11.8. The normalized spacial score (nSPS) is 10.4. The van der Waals surface area contributed by atoms with E-state index < -0.39 is 6.61 Å². The van der Waals surface area contributed by atoms with E-state index in [0.717, 1.165) is 5.56 Å². The van der Waals surface area contributed by atoms with Gasteiger partial charge in [0.15, 0.2) is 11.5 Å². The second-order valence-corrected chi connectivity index (χ2v) is 5.13. The molecule has 5 nitrogen and oxygen atoms in total. The molecule has 0 aliphatic carbocycles. The van der Waals surface area contributed by atoms with E-state index in [0.29, 0.717) is 11.3 Å². The van der Waals surface area contributed by atoms with Crippen molar-refractivity contribution in [2.75, 3.05) is 14.2 Å². The molecule has 2 aromatic rings. The molecule has 134 valence electrons. The summed E-state index contributed by atoms with van der Waals surface area (Å²) in [6.07, 6.45) is 0.174. The first-order chi connectivity index (χ1) is 12.0. The van der Waals surface area contributed by atoms with Crippen LogP contribution in [0.3, 0.4) is 0 Å². The Kier molecular flexibility index (Phi) is 6.56. The number of para-hydroxylation sites is 1. The van der Waals surface area contributed by atoms with Crippen LogP contribution in [0.25, 0.3) is 0 Å². The standard InChI is InChI=1S/C18H19F2NO4/c1-23-14-6-4-3-5-13(14)10-17(22)21-11-12-7-8-15(25-18(19)20)16(9-12)24-2/h3-9,18H,10-11H2,1-2H3,(H,21,22). The van der Waals surface area contributed by atoms with Gasteiger partial charge in [-0.1, -0.05) is 24.3 Å². The van der Waals surface area contributed by atoms with Gasteiger partial charge in [0.1, 0.15) is 5.75 Å². The van der Waals surface area contributed by atoms with Crippen LogP contribution >= 0.6 is 0 Å². The number of methoxy groups -OCH3 is 2. The fraction of sp³-hybridized carbons (Fsp3) is 0.278. The molecule has 25 heavy (non-hydrogen) atoms. The Morgan fingerprint density at radius 1 is 1.04 bits per heavy atom. The number of alkyl halides is 2. The van der Waals surface area contributed by atoms with Crippen molar-refractivity contribution in [1.82, 2.24) is 5.32 Å². The van der Waals surface area contributed by atoms with E-state index >= 15 is 0 Å². The lowest BCUT2D eigenvalue weighted by atomic mass is 10.1. The second-order valence-electron chi connectivity index (χ2n) is 5.13. The lowest BCUT2D eigenvalue weighted by Gasteiger charge is -2.12. The first-order valence-corrected chi connectivity index (χ1v) is 7.53. The molecular formula is C18H19F2NO4. The third-order valence-electron chi connectivity index (χ3n) is 3.48. The first-order valence-electron chi connectivity index (χ1n) is 7.53. The molecule has 0 aromatic heterocycles. The van der Waals surface area contributed by atoms with Crippen molar-refractivity contribution in [1.29, 1.82) is 0 Å². The van der Waals surface area contributed by atoms with Gasteiger partial charge >= 0.3 is 6.61 Å². The number of rotatable bonds is 8. The number of hydrogen-bond donors (Lipinski definition) is 1. The van der Waals surface area contributed by atoms with Gasteiger partial charge < -0.3 is 19.5 Å². The van der Waals surface area contributed by atoms with Crippen molar-refractivity contribution < 1.29 is 27.8 Å². The van der Waals surface area contributed by atoms with Crippen molar-refractivity contribution in [3.05, 3.63) is 53.6 Å². The molecule has 1 N–H and O–H groups in total. The average Bonchev–Trinajstić information content (AvgIpc) is 2.60. The molecule has 0 aliphatic rings. The van der Waals surface area contributed by atoms with E-state index in [4.69, 9.17) is 9.47 Å². The Bertz CT molecular complexity index is 722. The summed E-state index contributed by atoms with van der Waals surface area (Å²) in [6.45, 7) is -2.69. The summed E-state index contributed by atoms with van der Waals surface area (Å²) in [5, 5.41) is 2.77. The van der Waals surface area contributed by atoms with E-state index in [9.17, 15) is 13.6 Å². The Morgan fingerprint density at radius 2 is 1.76 bits per heavy atom. The summed E-state index contributed by atoms with van der Waals surface area (Å²) in [7, 11) is 2.91. The minimum atomic E-state index is -2.93. The Labute approximate surface area is 144 Å². The summed E-state index contributed by atoms with van der Waals surface area (Å²) in [5.41, 5.74) is 1.48. The van der Waals surface area contributed by atoms with Crippen LogP contribution in [0.1, 0.15) is 11.1 Å². The largest absolute Gasteiger partial charge is 0.496 e. The van der Waals surface area contributed by atoms with Crippen molar-refractivity contribution in [2.45, 2.75) is 19.6 Å². The highest BCUT2D eigenvalue weighted by Crippen LogP contribution is 2.29. The fourth-order valence-corrected chi connectivity index (χ4v) is 2.30. The van der Waals surface area contributed by atoms with Crippen molar-refractivity contribution in [3.63, 3.8) is 0 Å². The highest BCUT2D eigenvalue weighted by molar-refractivity contribution is 5.79. The molecule has 0 radical (unpaired) electrons. The number of hydrogen-bond acceptors (Lipinski definition) is 4. The van der Waals surface area contributed by atoms with Gasteiger partial charge in [-0.3, -0.25) is 4.79 Å². The van der Waals surface area contributed by atoms with Crippen molar-refractivity contribution in [2.24, 2.45) is 0 Å².